The van der Waals surface area contributed by atoms with E-state index in [1.165, 1.54) is 34.0 Å². The van der Waals surface area contributed by atoms with Gasteiger partial charge in [0.25, 0.3) is 0 Å². The number of pyridine rings is 1. The van der Waals surface area contributed by atoms with Gasteiger partial charge >= 0.3 is 145 Å². The molecular formula is C57H59GeIrN3O-2. The summed E-state index contributed by atoms with van der Waals surface area (Å²) in [4.78, 5) is 9.80. The second-order valence-electron chi connectivity index (χ2n) is 18.9. The first-order valence-corrected chi connectivity index (χ1v) is 29.0. The van der Waals surface area contributed by atoms with E-state index in [0.717, 1.165) is 48.8 Å². The number of aromatic nitrogens is 3. The van der Waals surface area contributed by atoms with Crippen molar-refractivity contribution in [3.8, 4) is 39.5 Å². The van der Waals surface area contributed by atoms with Crippen LogP contribution >= 0.6 is 0 Å². The molecule has 0 bridgehead atoms. The molecule has 0 atom stereocenters. The quantitative estimate of drug-likeness (QED) is 0.112. The van der Waals surface area contributed by atoms with E-state index in [1.807, 2.05) is 51.2 Å². The molecule has 6 heteroatoms. The molecule has 0 aliphatic carbocycles. The molecule has 0 saturated heterocycles. The number of fused-ring (bicyclic) bond motifs is 4. The summed E-state index contributed by atoms with van der Waals surface area (Å²) in [6, 6.07) is 49.2. The Balaban J connectivity index is 0.000000215. The van der Waals surface area contributed by atoms with Gasteiger partial charge in [0, 0.05) is 31.2 Å². The van der Waals surface area contributed by atoms with Crippen LogP contribution in [-0.2, 0) is 26.5 Å². The number of hydrogen-bond donors (Lipinski definition) is 0. The third-order valence-electron chi connectivity index (χ3n) is 11.2. The number of para-hydroxylation sites is 3. The van der Waals surface area contributed by atoms with Crippen molar-refractivity contribution in [2.75, 3.05) is 0 Å². The van der Waals surface area contributed by atoms with E-state index in [-0.39, 0.29) is 25.7 Å². The van der Waals surface area contributed by atoms with Crippen LogP contribution in [0.4, 0.5) is 0 Å². The number of aryl methyl sites for hydroxylation is 1. The Morgan fingerprint density at radius 3 is 2.11 bits per heavy atom. The van der Waals surface area contributed by atoms with Crippen molar-refractivity contribution in [3.05, 3.63) is 168 Å². The summed E-state index contributed by atoms with van der Waals surface area (Å²) in [7, 11) is 0. The molecule has 63 heavy (non-hydrogen) atoms. The smallest absolute Gasteiger partial charge is 0 e. The molecule has 0 aliphatic heterocycles. The summed E-state index contributed by atoms with van der Waals surface area (Å²) in [6.07, 6.45) is 0.303. The largest absolute Gasteiger partial charge is 0 e. The van der Waals surface area contributed by atoms with E-state index in [2.05, 4.69) is 152 Å². The molecule has 323 valence electrons. The normalized spacial score (nSPS) is 13.6. The van der Waals surface area contributed by atoms with E-state index in [4.69, 9.17) is 16.3 Å². The standard InChI is InChI=1S/C37H31N2O.C20H28GeN.Ir/c1-23(2)30-21-26(25-13-6-5-7-14-25)22-31(24(3)4)35(30)39-33-19-10-9-18-32(33)38-37(39)29-17-12-16-28-27-15-8-11-20-34(27)40-36(28)29;1-15-8-10-16(11-9-15)19-12-17(13-20(2,3)4)18(14-22-19)21(5,6)7;/h5-16,18-24H,1-4H3;8-10,12,14H,13H2,1-7H3;/q2*-1;/i;1D3,13D2;. The van der Waals surface area contributed by atoms with Crippen LogP contribution in [0.15, 0.2) is 138 Å². The molecule has 0 fully saturated rings. The first-order valence-electron chi connectivity index (χ1n) is 24.1. The number of nitrogens with zero attached hydrogens (tertiary/aromatic N) is 3. The number of benzene rings is 6. The van der Waals surface area contributed by atoms with Crippen LogP contribution < -0.4 is 4.40 Å². The molecule has 0 unspecified atom stereocenters. The molecule has 6 aromatic carbocycles. The van der Waals surface area contributed by atoms with Gasteiger partial charge in [-0.2, -0.15) is 0 Å². The number of rotatable bonds is 8. The third kappa shape index (κ3) is 9.72. The molecule has 0 saturated carbocycles. The minimum atomic E-state index is -2.36. The fraction of sp³-hybridized carbons (Fsp3) is 0.263. The second-order valence-corrected chi connectivity index (χ2v) is 29.4. The van der Waals surface area contributed by atoms with E-state index in [1.54, 1.807) is 12.1 Å². The molecule has 9 aromatic rings. The van der Waals surface area contributed by atoms with Crippen LogP contribution in [0.2, 0.25) is 17.3 Å². The van der Waals surface area contributed by atoms with Crippen LogP contribution in [-0.4, -0.2) is 27.8 Å². The fourth-order valence-corrected chi connectivity index (χ4v) is 11.1. The Labute approximate surface area is 398 Å². The Hall–Kier alpha value is -5.07. The first-order chi connectivity index (χ1) is 31.6. The molecule has 9 rings (SSSR count). The minimum Gasteiger partial charge on any atom is 0 e. The van der Waals surface area contributed by atoms with Crippen LogP contribution in [0, 0.1) is 24.4 Å². The molecule has 4 nitrogen and oxygen atoms in total. The van der Waals surface area contributed by atoms with Crippen LogP contribution in [0.1, 0.15) is 89.4 Å². The SMILES string of the molecule is CC(C)c1cc(-c2ccccc2)cc(C(C)C)c1-n1c(-c2[c-]ccc3c2oc2ccccc23)nc2ccccc21.[2H]C([2H])([2H])c1c[c-]c(-c2cc(C([2H])([2H])C(C)(C)C)[c]([Ge]([CH3])([CH3])[CH3])cn2)cc1.[Ir]. The number of imidazole rings is 1. The molecule has 3 heterocycles. The summed E-state index contributed by atoms with van der Waals surface area (Å²) >= 11 is -2.36. The molecular weight excluding hydrogens is 1010 g/mol. The molecule has 1 radical (unpaired) electrons. The van der Waals surface area contributed by atoms with Gasteiger partial charge in [0.05, 0.1) is 22.4 Å². The average molecular weight is 1070 g/mol. The first kappa shape index (κ1) is 39.5. The van der Waals surface area contributed by atoms with Gasteiger partial charge in [0.2, 0.25) is 0 Å². The van der Waals surface area contributed by atoms with Crippen LogP contribution in [0.5, 0.6) is 0 Å². The molecule has 3 aromatic heterocycles. The predicted molar refractivity (Wildman–Crippen MR) is 266 cm³/mol. The van der Waals surface area contributed by atoms with E-state index in [9.17, 15) is 0 Å². The van der Waals surface area contributed by atoms with Gasteiger partial charge in [-0.15, -0.1) is 18.2 Å². The maximum atomic E-state index is 8.80. The van der Waals surface area contributed by atoms with Crippen LogP contribution in [0.3, 0.4) is 0 Å². The zero-order valence-electron chi connectivity index (χ0n) is 42.9. The van der Waals surface area contributed by atoms with Gasteiger partial charge in [0.1, 0.15) is 5.58 Å². The van der Waals surface area contributed by atoms with E-state index < -0.39 is 31.9 Å². The van der Waals surface area contributed by atoms with Crippen molar-refractivity contribution >= 4 is 50.6 Å². The Morgan fingerprint density at radius 1 is 0.778 bits per heavy atom. The zero-order valence-corrected chi connectivity index (χ0v) is 42.4. The minimum absolute atomic E-state index is 0. The summed E-state index contributed by atoms with van der Waals surface area (Å²) in [5, 5.41) is 2.18. The van der Waals surface area contributed by atoms with Crippen molar-refractivity contribution < 1.29 is 31.4 Å². The van der Waals surface area contributed by atoms with Gasteiger partial charge in [-0.3, -0.25) is 4.98 Å². The van der Waals surface area contributed by atoms with Gasteiger partial charge < -0.3 is 8.98 Å². The Bertz CT molecular complexity index is 3200. The molecule has 0 spiro atoms. The summed E-state index contributed by atoms with van der Waals surface area (Å²) in [5.74, 6) is 8.15. The van der Waals surface area contributed by atoms with Gasteiger partial charge in [0.15, 0.2) is 0 Å². The molecule has 0 N–H and O–H groups in total. The van der Waals surface area contributed by atoms with Crippen molar-refractivity contribution in [2.24, 2.45) is 5.41 Å². The van der Waals surface area contributed by atoms with Crippen molar-refractivity contribution in [3.63, 3.8) is 0 Å². The van der Waals surface area contributed by atoms with Crippen molar-refractivity contribution in [1.82, 2.24) is 14.5 Å². The predicted octanol–water partition coefficient (Wildman–Crippen LogP) is 15.3. The summed E-state index contributed by atoms with van der Waals surface area (Å²) < 4.78 is 49.9. The Morgan fingerprint density at radius 2 is 1.46 bits per heavy atom. The van der Waals surface area contributed by atoms with Crippen molar-refractivity contribution in [1.29, 1.82) is 0 Å². The number of furan rings is 1. The average Bonchev–Trinajstić information content (AvgIpc) is 3.87. The van der Waals surface area contributed by atoms with E-state index in [0.29, 0.717) is 28.7 Å². The van der Waals surface area contributed by atoms with Crippen molar-refractivity contribution in [2.45, 2.75) is 90.8 Å². The maximum absolute atomic E-state index is 8.80. The molecule has 0 amide bonds. The summed E-state index contributed by atoms with van der Waals surface area (Å²) in [6.45, 7) is 12.7. The maximum Gasteiger partial charge on any atom is 0 e. The summed E-state index contributed by atoms with van der Waals surface area (Å²) in [5.41, 5.74) is 12.5. The van der Waals surface area contributed by atoms with Gasteiger partial charge in [-0.1, -0.05) is 99.3 Å². The van der Waals surface area contributed by atoms with Gasteiger partial charge in [-0.25, -0.2) is 0 Å². The molecule has 0 aliphatic rings. The topological polar surface area (TPSA) is 43.9 Å². The third-order valence-corrected chi connectivity index (χ3v) is 15.4. The zero-order chi connectivity index (χ0) is 48.2. The van der Waals surface area contributed by atoms with E-state index >= 15 is 0 Å². The number of hydrogen-bond acceptors (Lipinski definition) is 3. The monoisotopic (exact) mass is 1070 g/mol. The second kappa shape index (κ2) is 18.6. The Kier molecular flexibility index (Phi) is 11.6. The van der Waals surface area contributed by atoms with Crippen LogP contribution in [0.25, 0.3) is 72.4 Å². The van der Waals surface area contributed by atoms with Gasteiger partial charge in [-0.05, 0) is 64.4 Å². The fourth-order valence-electron chi connectivity index (χ4n) is 8.18.